The van der Waals surface area contributed by atoms with Crippen LogP contribution in [0, 0.1) is 0 Å². The van der Waals surface area contributed by atoms with E-state index < -0.39 is 23.2 Å². The molecule has 8 heteroatoms. The monoisotopic (exact) mass is 384 g/mol. The number of hydrogen-bond donors (Lipinski definition) is 1. The van der Waals surface area contributed by atoms with Crippen LogP contribution >= 0.6 is 11.6 Å². The van der Waals surface area contributed by atoms with Crippen LogP contribution in [0.2, 0.25) is 5.02 Å². The van der Waals surface area contributed by atoms with E-state index >= 15 is 0 Å². The molecule has 4 nitrogen and oxygen atoms in total. The fraction of sp³-hybridized carbons (Fsp3) is 0.278. The first-order valence-electron chi connectivity index (χ1n) is 7.96. The molecule has 0 aromatic heterocycles. The van der Waals surface area contributed by atoms with Gasteiger partial charge in [0.2, 0.25) is 0 Å². The second-order valence-electron chi connectivity index (χ2n) is 5.76. The number of amides is 1. The predicted molar refractivity (Wildman–Crippen MR) is 93.9 cm³/mol. The van der Waals surface area contributed by atoms with Gasteiger partial charge in [0.15, 0.2) is 0 Å². The number of hydrogen-bond acceptors (Lipinski definition) is 3. The molecule has 0 bridgehead atoms. The third-order valence-corrected chi connectivity index (χ3v) is 4.27. The highest BCUT2D eigenvalue weighted by Gasteiger charge is 2.35. The Hall–Kier alpha value is -2.25. The van der Waals surface area contributed by atoms with Gasteiger partial charge in [-0.15, -0.1) is 0 Å². The van der Waals surface area contributed by atoms with E-state index in [1.54, 1.807) is 12.1 Å². The highest BCUT2D eigenvalue weighted by molar-refractivity contribution is 6.31. The molecule has 0 atom stereocenters. The normalized spacial score (nSPS) is 15.0. The number of benzene rings is 2. The molecule has 0 aliphatic carbocycles. The molecule has 3 rings (SSSR count). The Labute approximate surface area is 153 Å². The maximum atomic E-state index is 13.2. The van der Waals surface area contributed by atoms with Crippen molar-refractivity contribution in [1.82, 2.24) is 0 Å². The van der Waals surface area contributed by atoms with Crippen molar-refractivity contribution in [2.24, 2.45) is 0 Å². The Bertz CT molecular complexity index is 805. The van der Waals surface area contributed by atoms with Gasteiger partial charge in [-0.05, 0) is 30.3 Å². The summed E-state index contributed by atoms with van der Waals surface area (Å²) in [7, 11) is 0. The first-order chi connectivity index (χ1) is 12.4. The summed E-state index contributed by atoms with van der Waals surface area (Å²) in [5.74, 6) is -0.838. The third kappa shape index (κ3) is 4.11. The van der Waals surface area contributed by atoms with Crippen molar-refractivity contribution < 1.29 is 22.7 Å². The van der Waals surface area contributed by atoms with Gasteiger partial charge >= 0.3 is 6.18 Å². The summed E-state index contributed by atoms with van der Waals surface area (Å²) in [5.41, 5.74) is -0.364. The zero-order chi connectivity index (χ0) is 18.7. The van der Waals surface area contributed by atoms with E-state index in [4.69, 9.17) is 16.3 Å². The first kappa shape index (κ1) is 18.5. The predicted octanol–water partition coefficient (Wildman–Crippen LogP) is 4.45. The molecule has 1 heterocycles. The average Bonchev–Trinajstić information content (AvgIpc) is 2.62. The number of halogens is 4. The van der Waals surface area contributed by atoms with Crippen molar-refractivity contribution in [2.75, 3.05) is 36.5 Å². The second-order valence-corrected chi connectivity index (χ2v) is 6.19. The lowest BCUT2D eigenvalue weighted by Gasteiger charge is -2.30. The summed E-state index contributed by atoms with van der Waals surface area (Å²) >= 11 is 6.01. The quantitative estimate of drug-likeness (QED) is 0.850. The number of ether oxygens (including phenoxy) is 1. The number of rotatable bonds is 3. The highest BCUT2D eigenvalue weighted by Crippen LogP contribution is 2.34. The van der Waals surface area contributed by atoms with Crippen molar-refractivity contribution >= 4 is 28.9 Å². The molecular formula is C18H16ClF3N2O2. The van der Waals surface area contributed by atoms with Crippen LogP contribution in [0.1, 0.15) is 15.9 Å². The van der Waals surface area contributed by atoms with Gasteiger partial charge in [-0.2, -0.15) is 13.2 Å². The molecule has 1 N–H and O–H groups in total. The van der Waals surface area contributed by atoms with Crippen molar-refractivity contribution in [2.45, 2.75) is 6.18 Å². The van der Waals surface area contributed by atoms with Crippen LogP contribution in [0.5, 0.6) is 0 Å². The average molecular weight is 385 g/mol. The molecule has 2 aromatic carbocycles. The lowest BCUT2D eigenvalue weighted by atomic mass is 10.1. The minimum absolute atomic E-state index is 0.362. The van der Waals surface area contributed by atoms with E-state index in [0.717, 1.165) is 12.1 Å². The molecule has 2 aromatic rings. The second kappa shape index (κ2) is 7.55. The Kier molecular flexibility index (Phi) is 5.38. The number of morpholine rings is 1. The van der Waals surface area contributed by atoms with E-state index in [0.29, 0.717) is 42.7 Å². The van der Waals surface area contributed by atoms with Crippen LogP contribution in [0.15, 0.2) is 42.5 Å². The van der Waals surface area contributed by atoms with E-state index in [9.17, 15) is 18.0 Å². The molecule has 0 saturated carbocycles. The molecule has 1 saturated heterocycles. The number of nitrogens with one attached hydrogen (secondary N) is 1. The van der Waals surface area contributed by atoms with Gasteiger partial charge in [0.1, 0.15) is 0 Å². The summed E-state index contributed by atoms with van der Waals surface area (Å²) in [4.78, 5) is 14.5. The fourth-order valence-corrected chi connectivity index (χ4v) is 2.98. The Morgan fingerprint density at radius 2 is 1.81 bits per heavy atom. The lowest BCUT2D eigenvalue weighted by Crippen LogP contribution is -2.36. The van der Waals surface area contributed by atoms with Crippen molar-refractivity contribution in [3.05, 3.63) is 58.6 Å². The minimum Gasteiger partial charge on any atom is -0.378 e. The lowest BCUT2D eigenvalue weighted by molar-refractivity contribution is -0.137. The van der Waals surface area contributed by atoms with Crippen molar-refractivity contribution in [1.29, 1.82) is 0 Å². The summed E-state index contributed by atoms with van der Waals surface area (Å²) in [6.07, 6.45) is -4.62. The van der Waals surface area contributed by atoms with Crippen LogP contribution in [-0.2, 0) is 10.9 Å². The molecule has 1 aliphatic heterocycles. The van der Waals surface area contributed by atoms with Gasteiger partial charge in [0, 0.05) is 18.1 Å². The summed E-state index contributed by atoms with van der Waals surface area (Å²) in [5, 5.41) is 2.95. The number of alkyl halides is 3. The van der Waals surface area contributed by atoms with Gasteiger partial charge in [0.05, 0.1) is 35.7 Å². The molecule has 138 valence electrons. The molecular weight excluding hydrogens is 369 g/mol. The summed E-state index contributed by atoms with van der Waals surface area (Å²) < 4.78 is 44.8. The largest absolute Gasteiger partial charge is 0.417 e. The third-order valence-electron chi connectivity index (χ3n) is 4.04. The summed E-state index contributed by atoms with van der Waals surface area (Å²) in [6.45, 7) is 2.30. The van der Waals surface area contributed by atoms with Crippen LogP contribution in [0.3, 0.4) is 0 Å². The molecule has 1 aliphatic rings. The van der Waals surface area contributed by atoms with E-state index in [1.807, 2.05) is 4.90 Å². The van der Waals surface area contributed by atoms with Gasteiger partial charge in [-0.1, -0.05) is 23.7 Å². The maximum Gasteiger partial charge on any atom is 0.417 e. The Morgan fingerprint density at radius 1 is 1.12 bits per heavy atom. The fourth-order valence-electron chi connectivity index (χ4n) is 2.81. The smallest absolute Gasteiger partial charge is 0.378 e. The molecule has 0 unspecified atom stereocenters. The zero-order valence-corrected chi connectivity index (χ0v) is 14.4. The number of anilines is 2. The van der Waals surface area contributed by atoms with Gasteiger partial charge < -0.3 is 15.0 Å². The van der Waals surface area contributed by atoms with Gasteiger partial charge in [-0.3, -0.25) is 4.79 Å². The SMILES string of the molecule is O=C(Nc1cc(Cl)ccc1N1CCOCC1)c1ccccc1C(F)(F)F. The van der Waals surface area contributed by atoms with Gasteiger partial charge in [0.25, 0.3) is 5.91 Å². The standard InChI is InChI=1S/C18H16ClF3N2O2/c19-12-5-6-16(24-7-9-26-10-8-24)15(11-12)23-17(25)13-3-1-2-4-14(13)18(20,21)22/h1-6,11H,7-10H2,(H,23,25). The molecule has 1 fully saturated rings. The Balaban J connectivity index is 1.92. The van der Waals surface area contributed by atoms with E-state index in [1.165, 1.54) is 18.2 Å². The van der Waals surface area contributed by atoms with E-state index in [2.05, 4.69) is 5.32 Å². The number of carbonyl (C=O) groups excluding carboxylic acids is 1. The Morgan fingerprint density at radius 3 is 2.50 bits per heavy atom. The number of carbonyl (C=O) groups is 1. The van der Waals surface area contributed by atoms with Crippen LogP contribution in [0.25, 0.3) is 0 Å². The molecule has 0 radical (unpaired) electrons. The summed E-state index contributed by atoms with van der Waals surface area (Å²) in [6, 6.07) is 9.61. The number of nitrogens with zero attached hydrogens (tertiary/aromatic N) is 1. The molecule has 26 heavy (non-hydrogen) atoms. The van der Waals surface area contributed by atoms with Gasteiger partial charge in [-0.25, -0.2) is 0 Å². The maximum absolute atomic E-state index is 13.2. The zero-order valence-electron chi connectivity index (χ0n) is 13.6. The highest BCUT2D eigenvalue weighted by atomic mass is 35.5. The topological polar surface area (TPSA) is 41.6 Å². The molecule has 0 spiro atoms. The van der Waals surface area contributed by atoms with Crippen LogP contribution in [0.4, 0.5) is 24.5 Å². The van der Waals surface area contributed by atoms with E-state index in [-0.39, 0.29) is 0 Å². The first-order valence-corrected chi connectivity index (χ1v) is 8.34. The molecule has 1 amide bonds. The van der Waals surface area contributed by atoms with Crippen LogP contribution in [-0.4, -0.2) is 32.2 Å². The minimum atomic E-state index is -4.62. The van der Waals surface area contributed by atoms with Crippen molar-refractivity contribution in [3.8, 4) is 0 Å². The van der Waals surface area contributed by atoms with Crippen molar-refractivity contribution in [3.63, 3.8) is 0 Å². The van der Waals surface area contributed by atoms with Crippen LogP contribution < -0.4 is 10.2 Å².